The standard InChI is InChI=1S/C28H29ClN6O3/c1-5-26(36)31-22-12-21(24(37-4)13-25(22)38-17-10-11-34(2)15-17)32-28-30-14-20(29)27(33-28)19-16-35(3)23-9-7-6-8-18(19)23/h5-9,12-14,16-17H,1,10-11,15H2,2-4H3,(H,31,36)(H,30,32,33)/t17-/m1/s1. The first-order valence-electron chi connectivity index (χ1n) is 12.2. The number of likely N-dealkylation sites (tertiary alicyclic amines) is 1. The molecule has 2 N–H and O–H groups in total. The summed E-state index contributed by atoms with van der Waals surface area (Å²) >= 11 is 6.55. The van der Waals surface area contributed by atoms with Crippen LogP contribution in [0.25, 0.3) is 22.2 Å². The molecule has 0 aliphatic carbocycles. The molecule has 1 amide bonds. The SMILES string of the molecule is C=CC(=O)Nc1cc(Nc2ncc(Cl)c(-c3cn(C)c4ccccc34)n2)c(OC)cc1O[C@@H]1CCN(C)C1. The number of carbonyl (C=O) groups is 1. The van der Waals surface area contributed by atoms with Gasteiger partial charge in [-0.15, -0.1) is 0 Å². The summed E-state index contributed by atoms with van der Waals surface area (Å²) in [6.07, 6.45) is 5.67. The van der Waals surface area contributed by atoms with Gasteiger partial charge in [0.25, 0.3) is 0 Å². The molecule has 2 aromatic heterocycles. The molecule has 0 spiro atoms. The number of methoxy groups -OCH3 is 1. The van der Waals surface area contributed by atoms with Gasteiger partial charge >= 0.3 is 0 Å². The minimum atomic E-state index is -0.351. The number of aromatic nitrogens is 3. The molecule has 0 radical (unpaired) electrons. The lowest BCUT2D eigenvalue weighted by Crippen LogP contribution is -2.22. The van der Waals surface area contributed by atoms with Crippen molar-refractivity contribution in [1.82, 2.24) is 19.4 Å². The van der Waals surface area contributed by atoms with Crippen LogP contribution in [0.15, 0.2) is 61.4 Å². The fraction of sp³-hybridized carbons (Fsp3) is 0.250. The summed E-state index contributed by atoms with van der Waals surface area (Å²) in [5, 5.41) is 7.53. The number of likely N-dealkylation sites (N-methyl/N-ethyl adjacent to an activating group) is 1. The van der Waals surface area contributed by atoms with Gasteiger partial charge < -0.3 is 29.6 Å². The van der Waals surface area contributed by atoms with E-state index in [2.05, 4.69) is 34.1 Å². The van der Waals surface area contributed by atoms with E-state index in [1.165, 1.54) is 6.08 Å². The maximum atomic E-state index is 12.2. The van der Waals surface area contributed by atoms with Crippen LogP contribution in [0.4, 0.5) is 17.3 Å². The highest BCUT2D eigenvalue weighted by Crippen LogP contribution is 2.40. The fourth-order valence-electron chi connectivity index (χ4n) is 4.64. The van der Waals surface area contributed by atoms with Crippen LogP contribution in [0.3, 0.4) is 0 Å². The summed E-state index contributed by atoms with van der Waals surface area (Å²) in [5.41, 5.74) is 3.60. The van der Waals surface area contributed by atoms with Crippen LogP contribution in [0, 0.1) is 0 Å². The van der Waals surface area contributed by atoms with Crippen molar-refractivity contribution in [3.8, 4) is 22.8 Å². The summed E-state index contributed by atoms with van der Waals surface area (Å²) in [6, 6.07) is 11.6. The van der Waals surface area contributed by atoms with Gasteiger partial charge in [-0.05, 0) is 31.7 Å². The minimum absolute atomic E-state index is 0.00532. The summed E-state index contributed by atoms with van der Waals surface area (Å²) in [5.74, 6) is 0.989. The Hall–Kier alpha value is -4.08. The van der Waals surface area contributed by atoms with Gasteiger partial charge in [-0.1, -0.05) is 36.4 Å². The molecule has 0 bridgehead atoms. The van der Waals surface area contributed by atoms with E-state index in [0.717, 1.165) is 36.0 Å². The Morgan fingerprint density at radius 2 is 2.03 bits per heavy atom. The smallest absolute Gasteiger partial charge is 0.247 e. The highest BCUT2D eigenvalue weighted by atomic mass is 35.5. The average molecular weight is 533 g/mol. The van der Waals surface area contributed by atoms with Crippen LogP contribution in [-0.4, -0.2) is 58.7 Å². The number of aryl methyl sites for hydroxylation is 1. The largest absolute Gasteiger partial charge is 0.494 e. The Bertz CT molecular complexity index is 1520. The first-order chi connectivity index (χ1) is 18.4. The number of amides is 1. The monoisotopic (exact) mass is 532 g/mol. The summed E-state index contributed by atoms with van der Waals surface area (Å²) in [7, 11) is 5.60. The number of carbonyl (C=O) groups excluding carboxylic acids is 1. The third kappa shape index (κ3) is 5.16. The zero-order valence-corrected chi connectivity index (χ0v) is 22.2. The molecule has 1 saturated heterocycles. The van der Waals surface area contributed by atoms with E-state index in [0.29, 0.717) is 39.5 Å². The molecule has 0 saturated carbocycles. The second-order valence-electron chi connectivity index (χ2n) is 9.22. The number of rotatable bonds is 8. The molecule has 10 heteroatoms. The van der Waals surface area contributed by atoms with E-state index < -0.39 is 0 Å². The number of hydrogen-bond acceptors (Lipinski definition) is 7. The molecule has 3 heterocycles. The van der Waals surface area contributed by atoms with Crippen molar-refractivity contribution in [2.24, 2.45) is 7.05 Å². The van der Waals surface area contributed by atoms with E-state index >= 15 is 0 Å². The molecule has 38 heavy (non-hydrogen) atoms. The normalized spacial score (nSPS) is 15.4. The van der Waals surface area contributed by atoms with Crippen molar-refractivity contribution in [2.75, 3.05) is 37.9 Å². The number of nitrogens with one attached hydrogen (secondary N) is 2. The van der Waals surface area contributed by atoms with Crippen molar-refractivity contribution in [1.29, 1.82) is 0 Å². The van der Waals surface area contributed by atoms with Gasteiger partial charge in [0.1, 0.15) is 17.6 Å². The third-order valence-electron chi connectivity index (χ3n) is 6.53. The first kappa shape index (κ1) is 25.6. The molecular formula is C28H29ClN6O3. The highest BCUT2D eigenvalue weighted by molar-refractivity contribution is 6.33. The second-order valence-corrected chi connectivity index (χ2v) is 9.63. The molecule has 2 aromatic carbocycles. The van der Waals surface area contributed by atoms with Gasteiger partial charge in [0.15, 0.2) is 0 Å². The van der Waals surface area contributed by atoms with Crippen molar-refractivity contribution >= 4 is 45.7 Å². The number of para-hydroxylation sites is 1. The van der Waals surface area contributed by atoms with Gasteiger partial charge in [0, 0.05) is 48.9 Å². The Labute approximate surface area is 226 Å². The fourth-order valence-corrected chi connectivity index (χ4v) is 4.84. The minimum Gasteiger partial charge on any atom is -0.494 e. The van der Waals surface area contributed by atoms with E-state index in [-0.39, 0.29) is 12.0 Å². The predicted octanol–water partition coefficient (Wildman–Crippen LogP) is 5.25. The van der Waals surface area contributed by atoms with Gasteiger partial charge in [-0.25, -0.2) is 9.97 Å². The van der Waals surface area contributed by atoms with Crippen molar-refractivity contribution in [3.63, 3.8) is 0 Å². The van der Waals surface area contributed by atoms with Gasteiger partial charge in [0.05, 0.1) is 35.4 Å². The number of ether oxygens (including phenoxy) is 2. The molecule has 1 atom stereocenters. The van der Waals surface area contributed by atoms with Crippen molar-refractivity contribution < 1.29 is 14.3 Å². The molecular weight excluding hydrogens is 504 g/mol. The lowest BCUT2D eigenvalue weighted by molar-refractivity contribution is -0.111. The number of fused-ring (bicyclic) bond motifs is 1. The van der Waals surface area contributed by atoms with E-state index in [4.69, 9.17) is 26.1 Å². The quantitative estimate of drug-likeness (QED) is 0.299. The first-order valence-corrected chi connectivity index (χ1v) is 12.6. The summed E-state index contributed by atoms with van der Waals surface area (Å²) in [6.45, 7) is 5.31. The molecule has 1 aliphatic heterocycles. The molecule has 196 valence electrons. The summed E-state index contributed by atoms with van der Waals surface area (Å²) in [4.78, 5) is 23.5. The molecule has 4 aromatic rings. The van der Waals surface area contributed by atoms with Crippen LogP contribution < -0.4 is 20.1 Å². The Morgan fingerprint density at radius 3 is 2.76 bits per heavy atom. The maximum absolute atomic E-state index is 12.2. The highest BCUT2D eigenvalue weighted by Gasteiger charge is 2.24. The molecule has 1 fully saturated rings. The van der Waals surface area contributed by atoms with Crippen LogP contribution in [0.1, 0.15) is 6.42 Å². The van der Waals surface area contributed by atoms with E-state index in [1.807, 2.05) is 42.1 Å². The second kappa shape index (κ2) is 10.7. The van der Waals surface area contributed by atoms with Gasteiger partial charge in [0.2, 0.25) is 11.9 Å². The third-order valence-corrected chi connectivity index (χ3v) is 6.81. The van der Waals surface area contributed by atoms with Gasteiger partial charge in [-0.2, -0.15) is 0 Å². The van der Waals surface area contributed by atoms with Crippen LogP contribution in [0.2, 0.25) is 5.02 Å². The zero-order valence-electron chi connectivity index (χ0n) is 21.5. The lowest BCUT2D eigenvalue weighted by Gasteiger charge is -2.20. The number of halogens is 1. The Balaban J connectivity index is 1.51. The summed E-state index contributed by atoms with van der Waals surface area (Å²) < 4.78 is 14.0. The maximum Gasteiger partial charge on any atom is 0.247 e. The number of hydrogen-bond donors (Lipinski definition) is 2. The lowest BCUT2D eigenvalue weighted by atomic mass is 10.1. The Morgan fingerprint density at radius 1 is 1.21 bits per heavy atom. The van der Waals surface area contributed by atoms with Gasteiger partial charge in [-0.3, -0.25) is 4.79 Å². The van der Waals surface area contributed by atoms with Crippen LogP contribution >= 0.6 is 11.6 Å². The van der Waals surface area contributed by atoms with Crippen molar-refractivity contribution in [2.45, 2.75) is 12.5 Å². The molecule has 1 aliphatic rings. The molecule has 0 unspecified atom stereocenters. The Kier molecular flexibility index (Phi) is 7.22. The number of nitrogens with zero attached hydrogens (tertiary/aromatic N) is 4. The van der Waals surface area contributed by atoms with Crippen LogP contribution in [0.5, 0.6) is 11.5 Å². The predicted molar refractivity (Wildman–Crippen MR) is 151 cm³/mol. The number of anilines is 3. The zero-order chi connectivity index (χ0) is 26.8. The van der Waals surface area contributed by atoms with Crippen molar-refractivity contribution in [3.05, 3.63) is 66.5 Å². The van der Waals surface area contributed by atoms with Crippen LogP contribution in [-0.2, 0) is 11.8 Å². The molecule has 5 rings (SSSR count). The average Bonchev–Trinajstić information content (AvgIpc) is 3.48. The molecule has 9 nitrogen and oxygen atoms in total. The van der Waals surface area contributed by atoms with E-state index in [1.54, 1.807) is 25.4 Å². The van der Waals surface area contributed by atoms with E-state index in [9.17, 15) is 4.79 Å². The number of benzene rings is 2. The topological polar surface area (TPSA) is 93.5 Å².